The van der Waals surface area contributed by atoms with E-state index in [1.54, 1.807) is 47.6 Å². The van der Waals surface area contributed by atoms with E-state index in [9.17, 15) is 30.6 Å². The molecule has 10 aliphatic carbocycles. The first-order valence-electron chi connectivity index (χ1n) is 28.6. The molecule has 1 aromatic heterocycles. The van der Waals surface area contributed by atoms with Crippen molar-refractivity contribution in [3.05, 3.63) is 52.7 Å². The van der Waals surface area contributed by atoms with Gasteiger partial charge in [0.1, 0.15) is 6.23 Å². The normalized spacial score (nSPS) is 48.3. The van der Waals surface area contributed by atoms with Gasteiger partial charge in [0.2, 0.25) is 0 Å². The van der Waals surface area contributed by atoms with Crippen LogP contribution in [0.4, 0.5) is 0 Å². The van der Waals surface area contributed by atoms with Crippen molar-refractivity contribution < 1.29 is 35.4 Å². The molecule has 13 nitrogen and oxygen atoms in total. The summed E-state index contributed by atoms with van der Waals surface area (Å²) in [5, 5.41) is 81.1. The molecular weight excluding hydrogens is 957 g/mol. The summed E-state index contributed by atoms with van der Waals surface area (Å²) in [5.74, 6) is 0.511. The molecule has 10 N–H and O–H groups in total. The fourth-order valence-electron chi connectivity index (χ4n) is 21.1. The molecule has 73 heavy (non-hydrogen) atoms. The topological polar surface area (TPSA) is 219 Å². The van der Waals surface area contributed by atoms with Crippen molar-refractivity contribution in [1.29, 1.82) is 0 Å². The van der Waals surface area contributed by atoms with Gasteiger partial charge in [0.25, 0.3) is 0 Å². The smallest absolute Gasteiger partial charge is 0.190 e. The van der Waals surface area contributed by atoms with Crippen LogP contribution < -0.4 is 16.4 Å². The van der Waals surface area contributed by atoms with Crippen LogP contribution in [0.2, 0.25) is 0 Å². The molecule has 12 rings (SSSR count). The van der Waals surface area contributed by atoms with Crippen LogP contribution in [-0.2, 0) is 4.79 Å². The van der Waals surface area contributed by atoms with Crippen LogP contribution in [0.15, 0.2) is 57.7 Å². The van der Waals surface area contributed by atoms with Crippen LogP contribution >= 0.6 is 21.6 Å². The number of nitrogens with two attached hydrogens (primary N) is 1. The number of nitrogens with zero attached hydrogens (tertiary/aromatic N) is 3. The summed E-state index contributed by atoms with van der Waals surface area (Å²) in [7, 11) is 5.44. The van der Waals surface area contributed by atoms with Gasteiger partial charge >= 0.3 is 0 Å². The highest BCUT2D eigenvalue weighted by Gasteiger charge is 2.75. The van der Waals surface area contributed by atoms with Crippen molar-refractivity contribution in [3.63, 3.8) is 0 Å². The first-order valence-corrected chi connectivity index (χ1v) is 31.1. The number of imidazole rings is 1. The highest BCUT2D eigenvalue weighted by molar-refractivity contribution is 8.76. The van der Waals surface area contributed by atoms with Gasteiger partial charge < -0.3 is 51.6 Å². The Morgan fingerprint density at radius 1 is 0.986 bits per heavy atom. The van der Waals surface area contributed by atoms with Crippen molar-refractivity contribution >= 4 is 33.3 Å². The Labute approximate surface area is 441 Å². The van der Waals surface area contributed by atoms with E-state index in [-0.39, 0.29) is 72.4 Å². The molecule has 2 heterocycles. The van der Waals surface area contributed by atoms with Gasteiger partial charge in [-0.2, -0.15) is 0 Å². The zero-order valence-corrected chi connectivity index (χ0v) is 45.7. The fourth-order valence-corrected chi connectivity index (χ4v) is 23.8. The minimum absolute atomic E-state index is 0.0816. The van der Waals surface area contributed by atoms with E-state index in [4.69, 9.17) is 10.7 Å². The lowest BCUT2D eigenvalue weighted by molar-refractivity contribution is -0.194. The second-order valence-corrected chi connectivity index (χ2v) is 29.4. The van der Waals surface area contributed by atoms with Gasteiger partial charge in [0.05, 0.1) is 36.8 Å². The number of hydrogen-bond acceptors (Lipinski definition) is 12. The lowest BCUT2D eigenvalue weighted by Gasteiger charge is -2.65. The zero-order chi connectivity index (χ0) is 51.1. The molecule has 8 fully saturated rings. The SMILES string of the molecule is CNC[C@@H]1[C@@H](O)[C@@H](O)C[C@]2(C)[C@@H]3C(=CC(=O)[C@H]12)[C@]1(O)[C@H]2CSSC[C@H](n4ccnc4)CC(C)(C)C4=C5C[C@@H]6CC[C@H]7CCC[C@]7(C6)[C@@H]5C5=C6[C@@H](CCC5)C[C@H]([C@H](O)[C@H]64)[C@@H](C2)[C@@]1(CO)C[C@@H]3CN=C(N)N[C@@H](C)O. The molecule has 402 valence electrons. The molecule has 0 amide bonds. The molecule has 1 saturated heterocycles. The number of hydrogen-bond donors (Lipinski definition) is 9. The van der Waals surface area contributed by atoms with Gasteiger partial charge in [-0.05, 0) is 173 Å². The summed E-state index contributed by atoms with van der Waals surface area (Å²) in [6.07, 6.45) is 19.2. The number of nitrogens with one attached hydrogen (secondary N) is 2. The number of fused-ring (bicyclic) bond motifs is 14. The van der Waals surface area contributed by atoms with E-state index in [1.807, 2.05) is 23.3 Å². The lowest BCUT2D eigenvalue weighted by atomic mass is 9.40. The maximum atomic E-state index is 15.2. The fraction of sp³-hybridized carbons (Fsp3) is 0.810. The Bertz CT molecular complexity index is 2440. The number of aliphatic hydroxyl groups excluding tert-OH is 5. The van der Waals surface area contributed by atoms with Crippen LogP contribution in [0.5, 0.6) is 0 Å². The summed E-state index contributed by atoms with van der Waals surface area (Å²) in [6, 6.07) is 0.139. The van der Waals surface area contributed by atoms with Crippen molar-refractivity contribution in [2.75, 3.05) is 38.2 Å². The number of allylic oxidation sites excluding steroid dienone is 3. The first-order chi connectivity index (χ1) is 34.9. The molecule has 15 heteroatoms. The number of rotatable bonds is 7. The van der Waals surface area contributed by atoms with E-state index >= 15 is 4.79 Å². The molecule has 1 aromatic rings. The highest BCUT2D eigenvalue weighted by Crippen LogP contribution is 2.75. The lowest BCUT2D eigenvalue weighted by Crippen LogP contribution is -2.69. The van der Waals surface area contributed by atoms with Gasteiger partial charge in [0.15, 0.2) is 11.7 Å². The summed E-state index contributed by atoms with van der Waals surface area (Å²) in [5.41, 5.74) is 9.96. The van der Waals surface area contributed by atoms with Crippen LogP contribution in [0.1, 0.15) is 130 Å². The summed E-state index contributed by atoms with van der Waals surface area (Å²) >= 11 is 0. The van der Waals surface area contributed by atoms with Gasteiger partial charge in [-0.3, -0.25) is 9.79 Å². The molecule has 6 bridgehead atoms. The van der Waals surface area contributed by atoms with Crippen LogP contribution in [-0.4, -0.2) is 120 Å². The Balaban J connectivity index is 1.05. The average molecular weight is 1040 g/mol. The number of aliphatic hydroxyl groups is 6. The van der Waals surface area contributed by atoms with Gasteiger partial charge in [-0.1, -0.05) is 71.1 Å². The number of ketones is 1. The number of guanidine groups is 1. The number of aromatic nitrogens is 2. The summed E-state index contributed by atoms with van der Waals surface area (Å²) in [4.78, 5) is 24.7. The molecule has 11 aliphatic rings. The third kappa shape index (κ3) is 7.57. The highest BCUT2D eigenvalue weighted by atomic mass is 33.1. The van der Waals surface area contributed by atoms with Crippen molar-refractivity contribution in [2.45, 2.75) is 160 Å². The minimum Gasteiger partial charge on any atom is -0.396 e. The van der Waals surface area contributed by atoms with Gasteiger partial charge in [-0.25, -0.2) is 4.98 Å². The molecule has 0 radical (unpaired) electrons. The standard InChI is InChI=1S/C58H86N6O7S2/c1-30(66)63-53(59)62-24-33-21-57(28-65)41-18-35(58(57,71)42-19-43(67)49-40(25-60-5)51(69)44(68)23-55(49,4)47(33)42)26-72-73-27-36(64-15-14-61-29-64)22-54(2,3)50-39-16-31-11-12-34-9-7-13-56(34,20-31)48(39)37-10-6-8-32-17-38(41)52(70)46(50)45(32)37/h14-15,19,29-36,38,40-41,44,46-49,51-52,60,65-66,68-71H,6-13,16-18,20-28H2,1-5H3,(H3,59,62,63)/t30-,31+,32+,33-,34-,35-,36-,38+,40+,41-,44+,46-,47+,48-,49+,51-,52+,55-,56-,57+,58-/m1/s1. The molecule has 1 aliphatic heterocycles. The predicted octanol–water partition coefficient (Wildman–Crippen LogP) is 6.56. The Hall–Kier alpha value is -2.21. The average Bonchev–Trinajstić information content (AvgIpc) is 4.09. The van der Waals surface area contributed by atoms with Crippen LogP contribution in [0.3, 0.4) is 0 Å². The van der Waals surface area contributed by atoms with Crippen LogP contribution in [0.25, 0.3) is 0 Å². The number of carbonyl (C=O) groups is 1. The Kier molecular flexibility index (Phi) is 13.2. The molecule has 0 aromatic carbocycles. The maximum Gasteiger partial charge on any atom is 0.190 e. The predicted molar refractivity (Wildman–Crippen MR) is 286 cm³/mol. The summed E-state index contributed by atoms with van der Waals surface area (Å²) in [6.45, 7) is 8.86. The second kappa shape index (κ2) is 18.7. The van der Waals surface area contributed by atoms with Crippen molar-refractivity contribution in [2.24, 2.45) is 103 Å². The Morgan fingerprint density at radius 2 is 1.79 bits per heavy atom. The molecular formula is C58H86N6O7S2. The van der Waals surface area contributed by atoms with E-state index in [1.165, 1.54) is 44.1 Å². The number of carbonyl (C=O) groups excluding carboxylic acids is 1. The third-order valence-electron chi connectivity index (χ3n) is 23.1. The molecule has 21 atom stereocenters. The molecule has 0 unspecified atom stereocenters. The number of aliphatic imine (C=N–C) groups is 1. The molecule has 7 saturated carbocycles. The largest absolute Gasteiger partial charge is 0.396 e. The zero-order valence-electron chi connectivity index (χ0n) is 44.1. The monoisotopic (exact) mass is 1040 g/mol. The van der Waals surface area contributed by atoms with E-state index in [2.05, 4.69) is 47.2 Å². The first kappa shape index (κ1) is 51.5. The minimum atomic E-state index is -1.63. The van der Waals surface area contributed by atoms with Crippen LogP contribution in [0, 0.1) is 92.7 Å². The van der Waals surface area contributed by atoms with E-state index in [0.29, 0.717) is 53.9 Å². The van der Waals surface area contributed by atoms with E-state index in [0.717, 1.165) is 50.2 Å². The quantitative estimate of drug-likeness (QED) is 0.0465. The Morgan fingerprint density at radius 3 is 2.55 bits per heavy atom. The van der Waals surface area contributed by atoms with E-state index < -0.39 is 58.7 Å². The second-order valence-electron chi connectivity index (χ2n) is 26.9. The van der Waals surface area contributed by atoms with Crippen molar-refractivity contribution in [3.8, 4) is 0 Å². The third-order valence-corrected chi connectivity index (χ3v) is 25.6. The summed E-state index contributed by atoms with van der Waals surface area (Å²) < 4.78 is 2.31. The van der Waals surface area contributed by atoms with Crippen molar-refractivity contribution in [1.82, 2.24) is 20.2 Å². The van der Waals surface area contributed by atoms with Gasteiger partial charge in [-0.15, -0.1) is 0 Å². The molecule has 1 spiro atoms. The van der Waals surface area contributed by atoms with Gasteiger partial charge in [0, 0.05) is 78.0 Å². The maximum absolute atomic E-state index is 15.2.